The molecule has 0 saturated heterocycles. The van der Waals surface area contributed by atoms with Gasteiger partial charge in [0, 0.05) is 17.8 Å². The Kier molecular flexibility index (Phi) is 3.63. The maximum Gasteiger partial charge on any atom is 0.231 e. The molecule has 2 aromatic heterocycles. The molecule has 2 rings (SSSR count). The molecule has 0 spiro atoms. The fraction of sp³-hybridized carbons (Fsp3) is 0.500. The highest BCUT2D eigenvalue weighted by Gasteiger charge is 2.15. The lowest BCUT2D eigenvalue weighted by atomic mass is 10.2. The molecule has 0 amide bonds. The first-order valence-electron chi connectivity index (χ1n) is 5.24. The van der Waals surface area contributed by atoms with Crippen LogP contribution >= 0.6 is 11.3 Å². The van der Waals surface area contributed by atoms with E-state index in [0.717, 1.165) is 18.8 Å². The van der Waals surface area contributed by atoms with E-state index in [1.807, 2.05) is 5.38 Å². The molecule has 5 nitrogen and oxygen atoms in total. The topological polar surface area (TPSA) is 63.8 Å². The summed E-state index contributed by atoms with van der Waals surface area (Å²) in [6, 6.07) is 0. The smallest absolute Gasteiger partial charge is 0.231 e. The highest BCUT2D eigenvalue weighted by Crippen LogP contribution is 2.18. The van der Waals surface area contributed by atoms with E-state index in [9.17, 15) is 0 Å². The van der Waals surface area contributed by atoms with Gasteiger partial charge in [-0.1, -0.05) is 19.0 Å². The summed E-state index contributed by atoms with van der Waals surface area (Å²) < 4.78 is 5.21. The van der Waals surface area contributed by atoms with Gasteiger partial charge in [-0.2, -0.15) is 4.98 Å². The van der Waals surface area contributed by atoms with Crippen molar-refractivity contribution in [3.63, 3.8) is 0 Å². The van der Waals surface area contributed by atoms with E-state index in [1.165, 1.54) is 11.3 Å². The van der Waals surface area contributed by atoms with Gasteiger partial charge in [-0.05, 0) is 6.54 Å². The van der Waals surface area contributed by atoms with E-state index in [4.69, 9.17) is 4.52 Å². The Labute approximate surface area is 97.9 Å². The molecule has 2 aromatic rings. The second-order valence-corrected chi connectivity index (χ2v) is 4.26. The van der Waals surface area contributed by atoms with E-state index in [2.05, 4.69) is 34.3 Å². The van der Waals surface area contributed by atoms with Gasteiger partial charge in [0.25, 0.3) is 0 Å². The number of aromatic nitrogens is 3. The number of likely N-dealkylation sites (N-methyl/N-ethyl adjacent to an activating group) is 1. The minimum Gasteiger partial charge on any atom is -0.339 e. The molecule has 2 heterocycles. The lowest BCUT2D eigenvalue weighted by Gasteiger charge is -2.05. The maximum atomic E-state index is 5.21. The Morgan fingerprint density at radius 1 is 1.56 bits per heavy atom. The summed E-state index contributed by atoms with van der Waals surface area (Å²) in [7, 11) is 0. The van der Waals surface area contributed by atoms with E-state index >= 15 is 0 Å². The first-order valence-corrected chi connectivity index (χ1v) is 6.18. The van der Waals surface area contributed by atoms with E-state index in [1.54, 1.807) is 5.51 Å². The van der Waals surface area contributed by atoms with Crippen LogP contribution in [0.3, 0.4) is 0 Å². The van der Waals surface area contributed by atoms with Crippen LogP contribution in [0.2, 0.25) is 0 Å². The Hall–Kier alpha value is -1.27. The minimum atomic E-state index is 0.222. The zero-order valence-electron chi connectivity index (χ0n) is 9.30. The summed E-state index contributed by atoms with van der Waals surface area (Å²) in [5.41, 5.74) is 2.53. The zero-order valence-corrected chi connectivity index (χ0v) is 10.1. The third-order valence-electron chi connectivity index (χ3n) is 2.23. The van der Waals surface area contributed by atoms with Crippen molar-refractivity contribution in [2.45, 2.75) is 19.8 Å². The van der Waals surface area contributed by atoms with Crippen LogP contribution in [-0.4, -0.2) is 28.2 Å². The molecule has 0 radical (unpaired) electrons. The number of nitrogens with one attached hydrogen (secondary N) is 1. The molecule has 86 valence electrons. The predicted molar refractivity (Wildman–Crippen MR) is 62.4 cm³/mol. The Balaban J connectivity index is 2.07. The molecule has 0 aromatic carbocycles. The van der Waals surface area contributed by atoms with Crippen molar-refractivity contribution < 1.29 is 4.52 Å². The largest absolute Gasteiger partial charge is 0.339 e. The summed E-state index contributed by atoms with van der Waals surface area (Å²) in [4.78, 5) is 8.47. The molecule has 0 aliphatic carbocycles. The molecule has 0 aliphatic heterocycles. The van der Waals surface area contributed by atoms with Gasteiger partial charge in [0.2, 0.25) is 11.7 Å². The van der Waals surface area contributed by atoms with Crippen LogP contribution < -0.4 is 5.32 Å². The second-order valence-electron chi connectivity index (χ2n) is 3.54. The SMILES string of the molecule is CCNCC(C)c1nc(-c2cscn2)no1. The minimum absolute atomic E-state index is 0.222. The van der Waals surface area contributed by atoms with Gasteiger partial charge in [0.1, 0.15) is 5.69 Å². The van der Waals surface area contributed by atoms with Crippen molar-refractivity contribution >= 4 is 11.3 Å². The van der Waals surface area contributed by atoms with Crippen LogP contribution in [0.1, 0.15) is 25.7 Å². The average molecular weight is 238 g/mol. The van der Waals surface area contributed by atoms with E-state index in [-0.39, 0.29) is 5.92 Å². The van der Waals surface area contributed by atoms with Crippen molar-refractivity contribution in [2.24, 2.45) is 0 Å². The molecule has 1 N–H and O–H groups in total. The Morgan fingerprint density at radius 3 is 3.12 bits per heavy atom. The number of nitrogens with zero attached hydrogens (tertiary/aromatic N) is 3. The Morgan fingerprint density at radius 2 is 2.44 bits per heavy atom. The molecule has 0 saturated carbocycles. The van der Waals surface area contributed by atoms with Gasteiger partial charge in [-0.25, -0.2) is 4.98 Å². The number of thiazole rings is 1. The zero-order chi connectivity index (χ0) is 11.4. The molecule has 1 atom stereocenters. The van der Waals surface area contributed by atoms with Gasteiger partial charge in [-0.15, -0.1) is 11.3 Å². The number of rotatable bonds is 5. The quantitative estimate of drug-likeness (QED) is 0.862. The monoisotopic (exact) mass is 238 g/mol. The van der Waals surface area contributed by atoms with Crippen molar-refractivity contribution in [1.82, 2.24) is 20.4 Å². The molecule has 0 fully saturated rings. The highest BCUT2D eigenvalue weighted by molar-refractivity contribution is 7.07. The van der Waals surface area contributed by atoms with Gasteiger partial charge in [0.05, 0.1) is 5.51 Å². The molecule has 16 heavy (non-hydrogen) atoms. The molecule has 1 unspecified atom stereocenters. The maximum absolute atomic E-state index is 5.21. The molecular weight excluding hydrogens is 224 g/mol. The van der Waals surface area contributed by atoms with E-state index < -0.39 is 0 Å². The summed E-state index contributed by atoms with van der Waals surface area (Å²) in [5, 5.41) is 9.07. The first-order chi connectivity index (χ1) is 7.81. The summed E-state index contributed by atoms with van der Waals surface area (Å²) in [6.07, 6.45) is 0. The fourth-order valence-electron chi connectivity index (χ4n) is 1.31. The fourth-order valence-corrected chi connectivity index (χ4v) is 1.84. The normalized spacial score (nSPS) is 12.9. The molecular formula is C10H14N4OS. The van der Waals surface area contributed by atoms with E-state index in [0.29, 0.717) is 11.7 Å². The third kappa shape index (κ3) is 2.45. The van der Waals surface area contributed by atoms with Crippen LogP contribution in [0.5, 0.6) is 0 Å². The predicted octanol–water partition coefficient (Wildman–Crippen LogP) is 1.91. The average Bonchev–Trinajstić information content (AvgIpc) is 2.94. The van der Waals surface area contributed by atoms with Crippen molar-refractivity contribution in [1.29, 1.82) is 0 Å². The summed E-state index contributed by atoms with van der Waals surface area (Å²) in [6.45, 7) is 5.91. The van der Waals surface area contributed by atoms with Crippen LogP contribution in [0.4, 0.5) is 0 Å². The second kappa shape index (κ2) is 5.18. The first kappa shape index (κ1) is 11.2. The number of hydrogen-bond donors (Lipinski definition) is 1. The van der Waals surface area contributed by atoms with Crippen LogP contribution in [0.15, 0.2) is 15.4 Å². The van der Waals surface area contributed by atoms with Crippen molar-refractivity contribution in [3.8, 4) is 11.5 Å². The lowest BCUT2D eigenvalue weighted by molar-refractivity contribution is 0.355. The third-order valence-corrected chi connectivity index (χ3v) is 2.81. The van der Waals surface area contributed by atoms with Gasteiger partial charge in [-0.3, -0.25) is 0 Å². The summed E-state index contributed by atoms with van der Waals surface area (Å²) in [5.74, 6) is 1.45. The van der Waals surface area contributed by atoms with Gasteiger partial charge in [0.15, 0.2) is 0 Å². The van der Waals surface area contributed by atoms with Crippen molar-refractivity contribution in [3.05, 3.63) is 16.8 Å². The lowest BCUT2D eigenvalue weighted by Crippen LogP contribution is -2.19. The van der Waals surface area contributed by atoms with Gasteiger partial charge < -0.3 is 9.84 Å². The molecule has 6 heteroatoms. The van der Waals surface area contributed by atoms with Crippen LogP contribution in [0, 0.1) is 0 Å². The highest BCUT2D eigenvalue weighted by atomic mass is 32.1. The standard InChI is InChI=1S/C10H14N4OS/c1-3-11-4-7(2)10-13-9(14-15-10)8-5-16-6-12-8/h5-7,11H,3-4H2,1-2H3. The van der Waals surface area contributed by atoms with Gasteiger partial charge >= 0.3 is 0 Å². The Bertz CT molecular complexity index is 426. The van der Waals surface area contributed by atoms with Crippen LogP contribution in [0.25, 0.3) is 11.5 Å². The number of hydrogen-bond acceptors (Lipinski definition) is 6. The van der Waals surface area contributed by atoms with Crippen LogP contribution in [-0.2, 0) is 0 Å². The molecule has 0 bridgehead atoms. The van der Waals surface area contributed by atoms with Crippen molar-refractivity contribution in [2.75, 3.05) is 13.1 Å². The summed E-state index contributed by atoms with van der Waals surface area (Å²) >= 11 is 1.52. The molecule has 0 aliphatic rings.